The first kappa shape index (κ1) is 14.1. The molecule has 1 aromatic carbocycles. The fourth-order valence-corrected chi connectivity index (χ4v) is 2.56. The summed E-state index contributed by atoms with van der Waals surface area (Å²) in [5, 5.41) is 3.25. The molecule has 0 saturated carbocycles. The standard InChI is InChI=1S/C16H24N2O/c1-14-16(19)18(13-7-11-17-14)12-6-5-10-15-8-3-2-4-9-15/h2-4,8-9,14,17H,5-7,10-13H2,1H3. The Labute approximate surface area is 116 Å². The van der Waals surface area contributed by atoms with Gasteiger partial charge in [0.05, 0.1) is 6.04 Å². The third-order valence-corrected chi connectivity index (χ3v) is 3.72. The van der Waals surface area contributed by atoms with E-state index in [1.54, 1.807) is 0 Å². The highest BCUT2D eigenvalue weighted by Gasteiger charge is 2.21. The number of carbonyl (C=O) groups is 1. The largest absolute Gasteiger partial charge is 0.341 e. The van der Waals surface area contributed by atoms with Gasteiger partial charge in [0.15, 0.2) is 0 Å². The van der Waals surface area contributed by atoms with Crippen molar-refractivity contribution in [2.75, 3.05) is 19.6 Å². The number of hydrogen-bond acceptors (Lipinski definition) is 2. The van der Waals surface area contributed by atoms with Gasteiger partial charge in [0.25, 0.3) is 0 Å². The van der Waals surface area contributed by atoms with Gasteiger partial charge in [0.2, 0.25) is 5.91 Å². The average molecular weight is 260 g/mol. The second-order valence-corrected chi connectivity index (χ2v) is 5.30. The lowest BCUT2D eigenvalue weighted by Crippen LogP contribution is -2.42. The number of aryl methyl sites for hydroxylation is 1. The van der Waals surface area contributed by atoms with Crippen LogP contribution in [0, 0.1) is 0 Å². The topological polar surface area (TPSA) is 32.3 Å². The first-order valence-corrected chi connectivity index (χ1v) is 7.33. The first-order chi connectivity index (χ1) is 9.27. The van der Waals surface area contributed by atoms with Gasteiger partial charge in [0.1, 0.15) is 0 Å². The second kappa shape index (κ2) is 7.29. The van der Waals surface area contributed by atoms with E-state index in [9.17, 15) is 4.79 Å². The van der Waals surface area contributed by atoms with Crippen LogP contribution in [0.5, 0.6) is 0 Å². The molecule has 19 heavy (non-hydrogen) atoms. The minimum atomic E-state index is -0.0170. The summed E-state index contributed by atoms with van der Waals surface area (Å²) in [4.78, 5) is 14.1. The van der Waals surface area contributed by atoms with E-state index in [4.69, 9.17) is 0 Å². The molecular formula is C16H24N2O. The molecule has 0 aliphatic carbocycles. The summed E-state index contributed by atoms with van der Waals surface area (Å²) in [5.74, 6) is 0.261. The van der Waals surface area contributed by atoms with Crippen LogP contribution in [-0.4, -0.2) is 36.5 Å². The summed E-state index contributed by atoms with van der Waals surface area (Å²) in [6.07, 6.45) is 4.41. The lowest BCUT2D eigenvalue weighted by molar-refractivity contribution is -0.132. The normalized spacial score (nSPS) is 20.4. The summed E-state index contributed by atoms with van der Waals surface area (Å²) in [5.41, 5.74) is 1.39. The summed E-state index contributed by atoms with van der Waals surface area (Å²) >= 11 is 0. The smallest absolute Gasteiger partial charge is 0.239 e. The Bertz CT molecular complexity index is 391. The first-order valence-electron chi connectivity index (χ1n) is 7.33. The zero-order chi connectivity index (χ0) is 13.5. The van der Waals surface area contributed by atoms with Gasteiger partial charge in [-0.3, -0.25) is 4.79 Å². The molecule has 1 aliphatic rings. The average Bonchev–Trinajstić information content (AvgIpc) is 2.60. The van der Waals surface area contributed by atoms with Crippen molar-refractivity contribution in [1.82, 2.24) is 10.2 Å². The molecule has 0 aromatic heterocycles. The predicted octanol–water partition coefficient (Wildman–Crippen LogP) is 2.22. The number of benzene rings is 1. The summed E-state index contributed by atoms with van der Waals surface area (Å²) < 4.78 is 0. The number of nitrogens with one attached hydrogen (secondary N) is 1. The number of nitrogens with zero attached hydrogens (tertiary/aromatic N) is 1. The molecule has 1 saturated heterocycles. The third-order valence-electron chi connectivity index (χ3n) is 3.72. The van der Waals surface area contributed by atoms with Crippen LogP contribution in [0.15, 0.2) is 30.3 Å². The van der Waals surface area contributed by atoms with Gasteiger partial charge in [-0.15, -0.1) is 0 Å². The third kappa shape index (κ3) is 4.35. The maximum Gasteiger partial charge on any atom is 0.239 e. The summed E-state index contributed by atoms with van der Waals surface area (Å²) in [6, 6.07) is 10.5. The summed E-state index contributed by atoms with van der Waals surface area (Å²) in [7, 11) is 0. The molecule has 2 rings (SSSR count). The molecule has 0 spiro atoms. The Morgan fingerprint density at radius 2 is 2.05 bits per heavy atom. The molecule has 1 aliphatic heterocycles. The fraction of sp³-hybridized carbons (Fsp3) is 0.562. The van der Waals surface area contributed by atoms with Gasteiger partial charge in [-0.25, -0.2) is 0 Å². The number of carbonyl (C=O) groups excluding carboxylic acids is 1. The van der Waals surface area contributed by atoms with Crippen LogP contribution in [0.4, 0.5) is 0 Å². The maximum absolute atomic E-state index is 12.1. The van der Waals surface area contributed by atoms with Crippen LogP contribution in [-0.2, 0) is 11.2 Å². The SMILES string of the molecule is CC1NCCCN(CCCCc2ccccc2)C1=O. The van der Waals surface area contributed by atoms with E-state index >= 15 is 0 Å². The van der Waals surface area contributed by atoms with E-state index in [1.807, 2.05) is 17.9 Å². The molecule has 1 aromatic rings. The van der Waals surface area contributed by atoms with E-state index in [0.29, 0.717) is 0 Å². The van der Waals surface area contributed by atoms with Gasteiger partial charge in [-0.05, 0) is 44.7 Å². The zero-order valence-corrected chi connectivity index (χ0v) is 11.8. The molecule has 1 atom stereocenters. The predicted molar refractivity (Wildman–Crippen MR) is 78.0 cm³/mol. The van der Waals surface area contributed by atoms with Crippen LogP contribution in [0.25, 0.3) is 0 Å². The van der Waals surface area contributed by atoms with E-state index in [2.05, 4.69) is 29.6 Å². The quantitative estimate of drug-likeness (QED) is 0.823. The molecule has 1 amide bonds. The van der Waals surface area contributed by atoms with Gasteiger partial charge in [-0.1, -0.05) is 30.3 Å². The number of rotatable bonds is 5. The minimum absolute atomic E-state index is 0.0170. The van der Waals surface area contributed by atoms with Crippen LogP contribution >= 0.6 is 0 Å². The monoisotopic (exact) mass is 260 g/mol. The van der Waals surface area contributed by atoms with E-state index in [1.165, 1.54) is 5.56 Å². The molecule has 1 heterocycles. The van der Waals surface area contributed by atoms with Gasteiger partial charge in [-0.2, -0.15) is 0 Å². The Morgan fingerprint density at radius 3 is 2.84 bits per heavy atom. The fourth-order valence-electron chi connectivity index (χ4n) is 2.56. The number of hydrogen-bond donors (Lipinski definition) is 1. The highest BCUT2D eigenvalue weighted by molar-refractivity contribution is 5.81. The molecule has 1 unspecified atom stereocenters. The number of amides is 1. The number of unbranched alkanes of at least 4 members (excludes halogenated alkanes) is 1. The van der Waals surface area contributed by atoms with Crippen molar-refractivity contribution >= 4 is 5.91 Å². The van der Waals surface area contributed by atoms with Crippen LogP contribution in [0.2, 0.25) is 0 Å². The van der Waals surface area contributed by atoms with Crippen molar-refractivity contribution < 1.29 is 4.79 Å². The molecule has 0 bridgehead atoms. The molecule has 0 radical (unpaired) electrons. The van der Waals surface area contributed by atoms with Gasteiger partial charge in [0, 0.05) is 13.1 Å². The van der Waals surface area contributed by atoms with Crippen LogP contribution < -0.4 is 5.32 Å². The Hall–Kier alpha value is -1.35. The van der Waals surface area contributed by atoms with Crippen LogP contribution in [0.1, 0.15) is 31.7 Å². The maximum atomic E-state index is 12.1. The Kier molecular flexibility index (Phi) is 5.40. The van der Waals surface area contributed by atoms with Crippen molar-refractivity contribution in [3.8, 4) is 0 Å². The molecule has 3 nitrogen and oxygen atoms in total. The summed E-state index contributed by atoms with van der Waals surface area (Å²) in [6.45, 7) is 4.72. The minimum Gasteiger partial charge on any atom is -0.341 e. The van der Waals surface area contributed by atoms with Crippen LogP contribution in [0.3, 0.4) is 0 Å². The Morgan fingerprint density at radius 1 is 1.26 bits per heavy atom. The van der Waals surface area contributed by atoms with E-state index < -0.39 is 0 Å². The second-order valence-electron chi connectivity index (χ2n) is 5.30. The van der Waals surface area contributed by atoms with Gasteiger partial charge >= 0.3 is 0 Å². The van der Waals surface area contributed by atoms with Crippen molar-refractivity contribution in [1.29, 1.82) is 0 Å². The highest BCUT2D eigenvalue weighted by atomic mass is 16.2. The van der Waals surface area contributed by atoms with E-state index in [0.717, 1.165) is 45.3 Å². The lowest BCUT2D eigenvalue weighted by atomic mass is 10.1. The Balaban J connectivity index is 1.71. The van der Waals surface area contributed by atoms with Crippen molar-refractivity contribution in [3.05, 3.63) is 35.9 Å². The zero-order valence-electron chi connectivity index (χ0n) is 11.8. The van der Waals surface area contributed by atoms with E-state index in [-0.39, 0.29) is 11.9 Å². The molecule has 1 fully saturated rings. The highest BCUT2D eigenvalue weighted by Crippen LogP contribution is 2.08. The lowest BCUT2D eigenvalue weighted by Gasteiger charge is -2.22. The molecule has 1 N–H and O–H groups in total. The van der Waals surface area contributed by atoms with Crippen molar-refractivity contribution in [2.45, 2.75) is 38.6 Å². The molecule has 104 valence electrons. The van der Waals surface area contributed by atoms with Gasteiger partial charge < -0.3 is 10.2 Å². The molecule has 3 heteroatoms. The van der Waals surface area contributed by atoms with Crippen molar-refractivity contribution in [2.24, 2.45) is 0 Å². The molecular weight excluding hydrogens is 236 g/mol. The van der Waals surface area contributed by atoms with Crippen molar-refractivity contribution in [3.63, 3.8) is 0 Å².